The van der Waals surface area contributed by atoms with Gasteiger partial charge in [-0.1, -0.05) is 39.8 Å². The van der Waals surface area contributed by atoms with Gasteiger partial charge in [-0.05, 0) is 41.2 Å². The highest BCUT2D eigenvalue weighted by Crippen LogP contribution is 2.32. The fourth-order valence-electron chi connectivity index (χ4n) is 2.38. The van der Waals surface area contributed by atoms with Gasteiger partial charge in [0.15, 0.2) is 0 Å². The van der Waals surface area contributed by atoms with Crippen LogP contribution >= 0.6 is 0 Å². The maximum absolute atomic E-state index is 13.1. The van der Waals surface area contributed by atoms with Crippen LogP contribution in [-0.2, 0) is 0 Å². The van der Waals surface area contributed by atoms with Crippen LogP contribution in [0.25, 0.3) is 11.1 Å². The topological polar surface area (TPSA) is 50.2 Å². The Morgan fingerprint density at radius 3 is 2.14 bits per heavy atom. The molecule has 0 radical (unpaired) electrons. The second kappa shape index (κ2) is 6.26. The fourth-order valence-corrected chi connectivity index (χ4v) is 2.38. The summed E-state index contributed by atoms with van der Waals surface area (Å²) < 4.78 is 13.1. The van der Waals surface area contributed by atoms with E-state index in [0.29, 0.717) is 16.8 Å². The van der Waals surface area contributed by atoms with E-state index in [4.69, 9.17) is 0 Å². The fraction of sp³-hybridized carbons (Fsp3) is 0.333. The quantitative estimate of drug-likeness (QED) is 0.879. The molecule has 1 aromatic carbocycles. The summed E-state index contributed by atoms with van der Waals surface area (Å²) in [5.41, 5.74) is 2.89. The Bertz CT molecular complexity index is 691. The number of carboxylic acids is 1. The predicted molar refractivity (Wildman–Crippen MR) is 84.8 cm³/mol. The number of halogens is 1. The number of nitrogens with zero attached hydrogens (tertiary/aromatic N) is 1. The second-order valence-electron chi connectivity index (χ2n) is 5.98. The van der Waals surface area contributed by atoms with Crippen LogP contribution in [0.1, 0.15) is 61.3 Å². The van der Waals surface area contributed by atoms with E-state index in [1.807, 2.05) is 27.7 Å². The SMILES string of the molecule is CC(C)c1cc(-c2ccc(F)cc2)c(C(=O)O)c(C(C)C)n1. The van der Waals surface area contributed by atoms with Crippen LogP contribution in [0, 0.1) is 5.82 Å². The number of hydrogen-bond acceptors (Lipinski definition) is 2. The third-order valence-electron chi connectivity index (χ3n) is 3.57. The highest BCUT2D eigenvalue weighted by atomic mass is 19.1. The Balaban J connectivity index is 2.78. The van der Waals surface area contributed by atoms with Crippen molar-refractivity contribution in [3.8, 4) is 11.1 Å². The lowest BCUT2D eigenvalue weighted by Gasteiger charge is -2.17. The first kappa shape index (κ1) is 16.1. The lowest BCUT2D eigenvalue weighted by molar-refractivity contribution is 0.0695. The summed E-state index contributed by atoms with van der Waals surface area (Å²) >= 11 is 0. The molecule has 0 aliphatic heterocycles. The molecule has 0 spiro atoms. The van der Waals surface area contributed by atoms with Gasteiger partial charge in [-0.2, -0.15) is 0 Å². The van der Waals surface area contributed by atoms with Crippen LogP contribution in [-0.4, -0.2) is 16.1 Å². The molecule has 0 bridgehead atoms. The Morgan fingerprint density at radius 2 is 1.68 bits per heavy atom. The summed E-state index contributed by atoms with van der Waals surface area (Å²) in [5.74, 6) is -1.18. The molecule has 0 atom stereocenters. The lowest BCUT2D eigenvalue weighted by Crippen LogP contribution is -2.11. The number of benzene rings is 1. The van der Waals surface area contributed by atoms with Crippen molar-refractivity contribution in [2.75, 3.05) is 0 Å². The molecule has 0 fully saturated rings. The van der Waals surface area contributed by atoms with Gasteiger partial charge in [0.1, 0.15) is 5.82 Å². The van der Waals surface area contributed by atoms with Crippen molar-refractivity contribution in [3.63, 3.8) is 0 Å². The first-order valence-electron chi connectivity index (χ1n) is 7.35. The minimum atomic E-state index is -1.01. The maximum Gasteiger partial charge on any atom is 0.338 e. The van der Waals surface area contributed by atoms with Gasteiger partial charge in [0.2, 0.25) is 0 Å². The third-order valence-corrected chi connectivity index (χ3v) is 3.57. The predicted octanol–water partition coefficient (Wildman–Crippen LogP) is 4.83. The van der Waals surface area contributed by atoms with E-state index in [9.17, 15) is 14.3 Å². The van der Waals surface area contributed by atoms with Crippen molar-refractivity contribution in [1.82, 2.24) is 4.98 Å². The molecule has 1 heterocycles. The van der Waals surface area contributed by atoms with Gasteiger partial charge in [-0.3, -0.25) is 4.98 Å². The van der Waals surface area contributed by atoms with Crippen LogP contribution < -0.4 is 0 Å². The molecule has 0 unspecified atom stereocenters. The lowest BCUT2D eigenvalue weighted by atomic mass is 9.92. The molecule has 3 nitrogen and oxygen atoms in total. The van der Waals surface area contributed by atoms with Gasteiger partial charge in [0.05, 0.1) is 11.3 Å². The molecule has 0 saturated heterocycles. The minimum Gasteiger partial charge on any atom is -0.478 e. The van der Waals surface area contributed by atoms with Crippen LogP contribution in [0.3, 0.4) is 0 Å². The number of rotatable bonds is 4. The summed E-state index contributed by atoms with van der Waals surface area (Å²) in [4.78, 5) is 16.3. The van der Waals surface area contributed by atoms with E-state index in [0.717, 1.165) is 5.69 Å². The molecule has 0 aliphatic rings. The second-order valence-corrected chi connectivity index (χ2v) is 5.98. The van der Waals surface area contributed by atoms with E-state index < -0.39 is 5.97 Å². The van der Waals surface area contributed by atoms with E-state index in [2.05, 4.69) is 4.98 Å². The van der Waals surface area contributed by atoms with Crippen molar-refractivity contribution in [3.05, 3.63) is 53.1 Å². The van der Waals surface area contributed by atoms with Gasteiger partial charge in [-0.25, -0.2) is 9.18 Å². The highest BCUT2D eigenvalue weighted by molar-refractivity contribution is 5.97. The average molecular weight is 301 g/mol. The molecule has 0 amide bonds. The maximum atomic E-state index is 13.1. The Hall–Kier alpha value is -2.23. The highest BCUT2D eigenvalue weighted by Gasteiger charge is 2.22. The van der Waals surface area contributed by atoms with Crippen molar-refractivity contribution in [2.24, 2.45) is 0 Å². The Kier molecular flexibility index (Phi) is 4.59. The van der Waals surface area contributed by atoms with Gasteiger partial charge in [0, 0.05) is 5.69 Å². The number of aromatic nitrogens is 1. The molecule has 22 heavy (non-hydrogen) atoms. The normalized spacial score (nSPS) is 11.2. The largest absolute Gasteiger partial charge is 0.478 e. The summed E-state index contributed by atoms with van der Waals surface area (Å²) in [7, 11) is 0. The molecular weight excluding hydrogens is 281 g/mol. The van der Waals surface area contributed by atoms with Crippen LogP contribution in [0.2, 0.25) is 0 Å². The summed E-state index contributed by atoms with van der Waals surface area (Å²) in [6.45, 7) is 7.88. The zero-order valence-electron chi connectivity index (χ0n) is 13.2. The zero-order valence-corrected chi connectivity index (χ0v) is 13.2. The molecule has 0 aliphatic carbocycles. The number of carbonyl (C=O) groups is 1. The van der Waals surface area contributed by atoms with E-state index in [1.54, 1.807) is 18.2 Å². The summed E-state index contributed by atoms with van der Waals surface area (Å²) in [6, 6.07) is 7.68. The molecule has 0 saturated carbocycles. The third kappa shape index (κ3) is 3.16. The number of pyridine rings is 1. The molecule has 116 valence electrons. The van der Waals surface area contributed by atoms with Crippen molar-refractivity contribution in [1.29, 1.82) is 0 Å². The number of carboxylic acid groups (broad SMARTS) is 1. The van der Waals surface area contributed by atoms with E-state index in [-0.39, 0.29) is 23.2 Å². The molecular formula is C18H20FNO2. The standard InChI is InChI=1S/C18H20FNO2/c1-10(2)15-9-14(12-5-7-13(19)8-6-12)16(18(21)22)17(20-15)11(3)4/h5-11H,1-4H3,(H,21,22). The Morgan fingerprint density at radius 1 is 1.09 bits per heavy atom. The molecule has 1 N–H and O–H groups in total. The van der Waals surface area contributed by atoms with Gasteiger partial charge >= 0.3 is 5.97 Å². The summed E-state index contributed by atoms with van der Waals surface area (Å²) in [6.07, 6.45) is 0. The van der Waals surface area contributed by atoms with Gasteiger partial charge in [0.25, 0.3) is 0 Å². The molecule has 1 aromatic heterocycles. The van der Waals surface area contributed by atoms with E-state index >= 15 is 0 Å². The Labute approximate surface area is 129 Å². The molecule has 2 aromatic rings. The molecule has 4 heteroatoms. The van der Waals surface area contributed by atoms with Crippen LogP contribution in [0.4, 0.5) is 4.39 Å². The zero-order chi connectivity index (χ0) is 16.4. The number of aromatic carboxylic acids is 1. The summed E-state index contributed by atoms with van der Waals surface area (Å²) in [5, 5.41) is 9.63. The number of hydrogen-bond donors (Lipinski definition) is 1. The minimum absolute atomic E-state index is 0.0102. The van der Waals surface area contributed by atoms with E-state index in [1.165, 1.54) is 12.1 Å². The van der Waals surface area contributed by atoms with Crippen LogP contribution in [0.15, 0.2) is 30.3 Å². The average Bonchev–Trinajstić information content (AvgIpc) is 2.46. The van der Waals surface area contributed by atoms with Gasteiger partial charge in [-0.15, -0.1) is 0 Å². The van der Waals surface area contributed by atoms with Crippen molar-refractivity contribution < 1.29 is 14.3 Å². The van der Waals surface area contributed by atoms with Gasteiger partial charge < -0.3 is 5.11 Å². The first-order valence-corrected chi connectivity index (χ1v) is 7.35. The molecule has 2 rings (SSSR count). The monoisotopic (exact) mass is 301 g/mol. The van der Waals surface area contributed by atoms with Crippen molar-refractivity contribution >= 4 is 5.97 Å². The van der Waals surface area contributed by atoms with Crippen LogP contribution in [0.5, 0.6) is 0 Å². The first-order chi connectivity index (χ1) is 10.3. The smallest absolute Gasteiger partial charge is 0.338 e. The van der Waals surface area contributed by atoms with Crippen molar-refractivity contribution in [2.45, 2.75) is 39.5 Å².